The molecular weight excluding hydrogens is 1060 g/mol. The summed E-state index contributed by atoms with van der Waals surface area (Å²) in [5, 5.41) is 72.9. The number of phenolic OH excluding ortho intramolecular Hbond substituents is 1. The molecule has 0 aliphatic heterocycles. The van der Waals surface area contributed by atoms with E-state index in [2.05, 4.69) is 53.2 Å². The van der Waals surface area contributed by atoms with Gasteiger partial charge in [0, 0.05) is 12.8 Å². The zero-order valence-corrected chi connectivity index (χ0v) is 45.7. The molecule has 0 fully saturated rings. The van der Waals surface area contributed by atoms with E-state index >= 15 is 0 Å². The van der Waals surface area contributed by atoms with E-state index in [0.717, 1.165) is 0 Å². The lowest BCUT2D eigenvalue weighted by atomic mass is 9.98. The molecular formula is C49H79N13O18. The number of hydrogen-bond acceptors (Lipinski definition) is 18. The zero-order valence-electron chi connectivity index (χ0n) is 45.7. The first-order valence-electron chi connectivity index (χ1n) is 25.5. The molecule has 448 valence electrons. The van der Waals surface area contributed by atoms with E-state index in [9.17, 15) is 87.9 Å². The predicted octanol–water partition coefficient (Wildman–Crippen LogP) is -7.29. The van der Waals surface area contributed by atoms with E-state index in [-0.39, 0.29) is 30.9 Å². The van der Waals surface area contributed by atoms with Crippen LogP contribution in [-0.4, -0.2) is 189 Å². The Kier molecular flexibility index (Phi) is 30.4. The molecule has 0 saturated heterocycles. The number of rotatable bonds is 36. The summed E-state index contributed by atoms with van der Waals surface area (Å²) in [4.78, 5) is 168. The highest BCUT2D eigenvalue weighted by Crippen LogP contribution is 2.14. The normalized spacial score (nSPS) is 15.2. The number of nitrogens with one attached hydrogen (secondary N) is 10. The number of benzene rings is 1. The van der Waals surface area contributed by atoms with Crippen LogP contribution in [0.3, 0.4) is 0 Å². The van der Waals surface area contributed by atoms with Crippen molar-refractivity contribution in [3.63, 3.8) is 0 Å². The minimum Gasteiger partial charge on any atom is -0.508 e. The number of aliphatic carboxylic acids is 1. The molecule has 0 spiro atoms. The molecule has 1 rings (SSSR count). The second kappa shape index (κ2) is 34.8. The van der Waals surface area contributed by atoms with Gasteiger partial charge < -0.3 is 95.9 Å². The van der Waals surface area contributed by atoms with Gasteiger partial charge in [0.15, 0.2) is 0 Å². The molecule has 11 atom stereocenters. The van der Waals surface area contributed by atoms with Crippen LogP contribution < -0.4 is 70.4 Å². The standard InChI is InChI=1S/C49H79N13O18/c1-8-24(6)39(61-37(69)18-53-41(71)28(13-14-35(51)67)54-44(74)33(20-64)59-47(77)38(23(4)5)62-40(70)25(7)50)48(78)60-34(21-65)46(76)58-32(19-63)45(75)56-30(16-26-9-11-27(66)12-10-26)43(73)55-29(15-22(2)3)42(72)57-31(49(79)80)17-36(52)68/h9-12,22-25,28-34,38-39,63-66H,8,13-21,50H2,1-7H3,(H2,51,67)(H2,52,68)(H,53,71)(H,54,74)(H,55,73)(H,56,75)(H,57,72)(H,58,76)(H,59,77)(H,60,78)(H,61,69)(H,62,70)(H,79,80)/t24-,25-,28-,29-,30-,31-,32-,33-,34-,38-,39-/m0/s1. The Labute approximate surface area is 461 Å². The van der Waals surface area contributed by atoms with Crippen molar-refractivity contribution in [3.8, 4) is 5.75 Å². The fourth-order valence-electron chi connectivity index (χ4n) is 7.24. The van der Waals surface area contributed by atoms with E-state index in [1.165, 1.54) is 38.1 Å². The number of primary amides is 2. The molecule has 31 heteroatoms. The highest BCUT2D eigenvalue weighted by atomic mass is 16.4. The SMILES string of the molecule is CC[C@H](C)[C@H](NC(=O)CNC(=O)[C@H](CCC(N)=O)NC(=O)[C@H](CO)NC(=O)[C@@H](NC(=O)[C@H](C)N)C(C)C)C(=O)N[C@@H](CO)C(=O)N[C@@H](CO)C(=O)N[C@@H](Cc1ccc(O)cc1)C(=O)N[C@@H](CC(C)C)C(=O)N[C@@H](CC(N)=O)C(=O)O. The lowest BCUT2D eigenvalue weighted by Gasteiger charge is -2.28. The Bertz CT molecular complexity index is 2340. The van der Waals surface area contributed by atoms with Crippen LogP contribution in [-0.2, 0) is 68.7 Å². The van der Waals surface area contributed by atoms with Crippen LogP contribution >= 0.6 is 0 Å². The van der Waals surface area contributed by atoms with Crippen molar-refractivity contribution in [2.24, 2.45) is 35.0 Å². The fraction of sp³-hybridized carbons (Fsp3) is 0.612. The number of phenols is 1. The van der Waals surface area contributed by atoms with Gasteiger partial charge in [0.05, 0.1) is 38.8 Å². The number of nitrogens with two attached hydrogens (primary N) is 3. The second-order valence-corrected chi connectivity index (χ2v) is 19.7. The van der Waals surface area contributed by atoms with Crippen molar-refractivity contribution in [1.29, 1.82) is 0 Å². The maximum Gasteiger partial charge on any atom is 0.326 e. The Morgan fingerprint density at radius 3 is 1.39 bits per heavy atom. The molecule has 0 heterocycles. The lowest BCUT2D eigenvalue weighted by Crippen LogP contribution is -2.61. The van der Waals surface area contributed by atoms with Gasteiger partial charge >= 0.3 is 5.97 Å². The minimum absolute atomic E-state index is 0.0677. The summed E-state index contributed by atoms with van der Waals surface area (Å²) in [6.07, 6.45) is -1.81. The molecule has 80 heavy (non-hydrogen) atoms. The number of aliphatic hydroxyl groups excluding tert-OH is 3. The summed E-state index contributed by atoms with van der Waals surface area (Å²) >= 11 is 0. The van der Waals surface area contributed by atoms with Gasteiger partial charge in [0.25, 0.3) is 0 Å². The average Bonchev–Trinajstić information content (AvgIpc) is 3.38. The van der Waals surface area contributed by atoms with E-state index < -0.39 is 195 Å². The molecule has 12 amide bonds. The van der Waals surface area contributed by atoms with Crippen molar-refractivity contribution in [2.45, 2.75) is 147 Å². The smallest absolute Gasteiger partial charge is 0.326 e. The summed E-state index contributed by atoms with van der Waals surface area (Å²) < 4.78 is 0. The summed E-state index contributed by atoms with van der Waals surface area (Å²) in [7, 11) is 0. The number of carbonyl (C=O) groups excluding carboxylic acids is 12. The first kappa shape index (κ1) is 70.0. The van der Waals surface area contributed by atoms with Gasteiger partial charge in [-0.05, 0) is 55.2 Å². The zero-order chi connectivity index (χ0) is 61.1. The van der Waals surface area contributed by atoms with Crippen LogP contribution in [0.4, 0.5) is 0 Å². The number of hydrogen-bond donors (Lipinski definition) is 18. The molecule has 0 bridgehead atoms. The molecule has 1 aromatic rings. The molecule has 0 unspecified atom stereocenters. The summed E-state index contributed by atoms with van der Waals surface area (Å²) in [6.45, 7) is 7.04. The van der Waals surface area contributed by atoms with Gasteiger partial charge in [0.2, 0.25) is 70.9 Å². The van der Waals surface area contributed by atoms with Crippen molar-refractivity contribution in [1.82, 2.24) is 53.2 Å². The third kappa shape index (κ3) is 24.7. The third-order valence-corrected chi connectivity index (χ3v) is 12.0. The number of aromatic hydroxyl groups is 1. The molecule has 0 radical (unpaired) electrons. The first-order valence-corrected chi connectivity index (χ1v) is 25.5. The first-order chi connectivity index (χ1) is 37.4. The van der Waals surface area contributed by atoms with Crippen molar-refractivity contribution in [2.75, 3.05) is 26.4 Å². The van der Waals surface area contributed by atoms with E-state index in [1.807, 2.05) is 0 Å². The fourth-order valence-corrected chi connectivity index (χ4v) is 7.24. The van der Waals surface area contributed by atoms with Gasteiger partial charge in [-0.3, -0.25) is 57.5 Å². The van der Waals surface area contributed by atoms with Crippen LogP contribution in [0.1, 0.15) is 86.1 Å². The molecule has 0 saturated carbocycles. The van der Waals surface area contributed by atoms with Crippen molar-refractivity contribution in [3.05, 3.63) is 29.8 Å². The number of carbonyl (C=O) groups is 13. The average molecular weight is 1140 g/mol. The third-order valence-electron chi connectivity index (χ3n) is 12.0. The predicted molar refractivity (Wildman–Crippen MR) is 281 cm³/mol. The maximum absolute atomic E-state index is 13.9. The topological polar surface area (TPSA) is 521 Å². The van der Waals surface area contributed by atoms with E-state index in [1.54, 1.807) is 34.6 Å². The van der Waals surface area contributed by atoms with Crippen molar-refractivity contribution >= 4 is 76.9 Å². The summed E-state index contributed by atoms with van der Waals surface area (Å²) in [6, 6.07) is -10.1. The molecule has 0 aromatic heterocycles. The van der Waals surface area contributed by atoms with Gasteiger partial charge in [-0.1, -0.05) is 60.1 Å². The highest BCUT2D eigenvalue weighted by molar-refractivity contribution is 5.99. The van der Waals surface area contributed by atoms with Crippen LogP contribution in [0, 0.1) is 17.8 Å². The highest BCUT2D eigenvalue weighted by Gasteiger charge is 2.36. The maximum atomic E-state index is 13.9. The Balaban J connectivity index is 3.26. The Hall–Kier alpha value is -8.03. The summed E-state index contributed by atoms with van der Waals surface area (Å²) in [5.41, 5.74) is 16.3. The van der Waals surface area contributed by atoms with Crippen LogP contribution in [0.5, 0.6) is 5.75 Å². The molecule has 0 aliphatic rings. The van der Waals surface area contributed by atoms with E-state index in [4.69, 9.17) is 17.2 Å². The van der Waals surface area contributed by atoms with Crippen LogP contribution in [0.25, 0.3) is 0 Å². The minimum atomic E-state index is -1.88. The largest absolute Gasteiger partial charge is 0.508 e. The number of carboxylic acid groups (broad SMARTS) is 1. The number of carboxylic acids is 1. The molecule has 1 aromatic carbocycles. The quantitative estimate of drug-likeness (QED) is 0.0297. The van der Waals surface area contributed by atoms with Gasteiger partial charge in [-0.15, -0.1) is 0 Å². The lowest BCUT2D eigenvalue weighted by molar-refractivity contribution is -0.144. The monoisotopic (exact) mass is 1140 g/mol. The Morgan fingerprint density at radius 1 is 0.512 bits per heavy atom. The van der Waals surface area contributed by atoms with Crippen LogP contribution in [0.2, 0.25) is 0 Å². The Morgan fingerprint density at radius 2 is 0.950 bits per heavy atom. The molecule has 31 nitrogen and oxygen atoms in total. The summed E-state index contributed by atoms with van der Waals surface area (Å²) in [5.74, 6) is -15.4. The van der Waals surface area contributed by atoms with Crippen LogP contribution in [0.15, 0.2) is 24.3 Å². The molecule has 21 N–H and O–H groups in total. The number of amides is 12. The van der Waals surface area contributed by atoms with Gasteiger partial charge in [0.1, 0.15) is 60.1 Å². The van der Waals surface area contributed by atoms with Gasteiger partial charge in [-0.25, -0.2) is 4.79 Å². The van der Waals surface area contributed by atoms with E-state index in [0.29, 0.717) is 5.56 Å². The second-order valence-electron chi connectivity index (χ2n) is 19.7. The number of aliphatic hydroxyl groups is 3. The van der Waals surface area contributed by atoms with Gasteiger partial charge in [-0.2, -0.15) is 0 Å². The van der Waals surface area contributed by atoms with Crippen molar-refractivity contribution < 1.29 is 87.9 Å². The molecule has 0 aliphatic carbocycles.